The molecular formula is C18H17BrN2O4. The maximum atomic E-state index is 12.9. The molecule has 0 unspecified atom stereocenters. The Morgan fingerprint density at radius 3 is 2.32 bits per heavy atom. The van der Waals surface area contributed by atoms with E-state index < -0.39 is 4.92 Å². The summed E-state index contributed by atoms with van der Waals surface area (Å²) in [6.45, 7) is 3.64. The van der Waals surface area contributed by atoms with Crippen LogP contribution in [0, 0.1) is 10.1 Å². The van der Waals surface area contributed by atoms with Gasteiger partial charge in [-0.25, -0.2) is 0 Å². The summed E-state index contributed by atoms with van der Waals surface area (Å²) in [6.07, 6.45) is 0. The highest BCUT2D eigenvalue weighted by Gasteiger charge is 2.26. The first kappa shape index (κ1) is 18.8. The number of alkyl halides is 1. The number of hydrogen-bond donors (Lipinski definition) is 0. The molecule has 0 aliphatic heterocycles. The van der Waals surface area contributed by atoms with Crippen LogP contribution < -0.4 is 4.90 Å². The highest BCUT2D eigenvalue weighted by atomic mass is 79.9. The van der Waals surface area contributed by atoms with Gasteiger partial charge in [-0.05, 0) is 19.9 Å². The van der Waals surface area contributed by atoms with Crippen LogP contribution in [0.5, 0.6) is 0 Å². The van der Waals surface area contributed by atoms with Gasteiger partial charge in [0.2, 0.25) is 5.91 Å². The summed E-state index contributed by atoms with van der Waals surface area (Å²) in [5.74, 6) is -0.599. The van der Waals surface area contributed by atoms with E-state index in [2.05, 4.69) is 15.9 Å². The van der Waals surface area contributed by atoms with Crippen LogP contribution in [0.4, 0.5) is 11.4 Å². The van der Waals surface area contributed by atoms with Crippen LogP contribution >= 0.6 is 15.9 Å². The van der Waals surface area contributed by atoms with Crippen LogP contribution in [-0.4, -0.2) is 28.0 Å². The summed E-state index contributed by atoms with van der Waals surface area (Å²) in [6, 6.07) is 12.2. The number of amides is 1. The molecule has 130 valence electrons. The number of hydrogen-bond acceptors (Lipinski definition) is 4. The lowest BCUT2D eigenvalue weighted by Crippen LogP contribution is -2.38. The average molecular weight is 405 g/mol. The molecule has 0 atom stereocenters. The van der Waals surface area contributed by atoms with Gasteiger partial charge in [0, 0.05) is 23.7 Å². The quantitative estimate of drug-likeness (QED) is 0.315. The zero-order valence-electron chi connectivity index (χ0n) is 13.8. The van der Waals surface area contributed by atoms with Gasteiger partial charge in [0.25, 0.3) is 5.69 Å². The second kappa shape index (κ2) is 8.02. The number of ketones is 1. The predicted octanol–water partition coefficient (Wildman–Crippen LogP) is 3.96. The van der Waals surface area contributed by atoms with E-state index in [1.54, 1.807) is 30.3 Å². The number of anilines is 1. The van der Waals surface area contributed by atoms with Gasteiger partial charge in [0.15, 0.2) is 5.78 Å². The summed E-state index contributed by atoms with van der Waals surface area (Å²) < 4.78 is 0. The fourth-order valence-corrected chi connectivity index (χ4v) is 2.81. The smallest absolute Gasteiger partial charge is 0.270 e. The molecule has 0 fully saturated rings. The van der Waals surface area contributed by atoms with Crippen molar-refractivity contribution in [2.75, 3.05) is 10.2 Å². The Morgan fingerprint density at radius 1 is 1.16 bits per heavy atom. The van der Waals surface area contributed by atoms with Gasteiger partial charge in [0.1, 0.15) is 0 Å². The molecule has 0 aliphatic rings. The van der Waals surface area contributed by atoms with Crippen LogP contribution in [0.1, 0.15) is 29.8 Å². The van der Waals surface area contributed by atoms with Crippen molar-refractivity contribution < 1.29 is 14.5 Å². The number of rotatable bonds is 6. The number of nitro groups is 1. The van der Waals surface area contributed by atoms with Crippen molar-refractivity contribution in [3.63, 3.8) is 0 Å². The number of halogens is 1. The summed E-state index contributed by atoms with van der Waals surface area (Å²) >= 11 is 3.14. The lowest BCUT2D eigenvalue weighted by molar-refractivity contribution is -0.384. The Labute approximate surface area is 153 Å². The van der Waals surface area contributed by atoms with Crippen molar-refractivity contribution in [1.29, 1.82) is 0 Å². The largest absolute Gasteiger partial charge is 0.308 e. The van der Waals surface area contributed by atoms with Crippen LogP contribution in [0.3, 0.4) is 0 Å². The van der Waals surface area contributed by atoms with Crippen molar-refractivity contribution in [1.82, 2.24) is 0 Å². The Hall–Kier alpha value is -2.54. The highest BCUT2D eigenvalue weighted by molar-refractivity contribution is 9.09. The molecule has 0 aromatic heterocycles. The van der Waals surface area contributed by atoms with E-state index in [9.17, 15) is 19.7 Å². The topological polar surface area (TPSA) is 80.5 Å². The van der Waals surface area contributed by atoms with Crippen molar-refractivity contribution >= 4 is 39.0 Å². The monoisotopic (exact) mass is 404 g/mol. The number of non-ortho nitro benzene ring substituents is 1. The summed E-state index contributed by atoms with van der Waals surface area (Å²) in [5.41, 5.74) is 0.694. The number of benzene rings is 2. The maximum Gasteiger partial charge on any atom is 0.270 e. The van der Waals surface area contributed by atoms with Gasteiger partial charge in [-0.3, -0.25) is 19.7 Å². The van der Waals surface area contributed by atoms with E-state index in [4.69, 9.17) is 0 Å². The van der Waals surface area contributed by atoms with Gasteiger partial charge in [-0.2, -0.15) is 0 Å². The van der Waals surface area contributed by atoms with Crippen LogP contribution in [0.2, 0.25) is 0 Å². The zero-order chi connectivity index (χ0) is 18.6. The van der Waals surface area contributed by atoms with E-state index in [1.165, 1.54) is 23.1 Å². The maximum absolute atomic E-state index is 12.9. The fourth-order valence-electron chi connectivity index (χ4n) is 2.54. The van der Waals surface area contributed by atoms with Gasteiger partial charge in [-0.15, -0.1) is 0 Å². The van der Waals surface area contributed by atoms with E-state index in [0.717, 1.165) is 0 Å². The van der Waals surface area contributed by atoms with Gasteiger partial charge in [-0.1, -0.05) is 46.3 Å². The van der Waals surface area contributed by atoms with Crippen LogP contribution in [0.15, 0.2) is 48.5 Å². The second-order valence-electron chi connectivity index (χ2n) is 5.64. The standard InChI is InChI=1S/C18H17BrN2O4/c1-12(2)20(17(22)11-19)16-9-8-14(21(24)25)10-15(16)18(23)13-6-4-3-5-7-13/h3-10,12H,11H2,1-2H3. The Kier molecular flexibility index (Phi) is 6.03. The third kappa shape index (κ3) is 4.11. The van der Waals surface area contributed by atoms with Crippen molar-refractivity contribution in [2.45, 2.75) is 19.9 Å². The van der Waals surface area contributed by atoms with Crippen LogP contribution in [-0.2, 0) is 4.79 Å². The molecule has 6 nitrogen and oxygen atoms in total. The SMILES string of the molecule is CC(C)N(C(=O)CBr)c1ccc([N+](=O)[O-])cc1C(=O)c1ccccc1. The van der Waals surface area contributed by atoms with E-state index in [0.29, 0.717) is 11.3 Å². The first-order valence-electron chi connectivity index (χ1n) is 7.63. The molecule has 0 N–H and O–H groups in total. The van der Waals surface area contributed by atoms with E-state index >= 15 is 0 Å². The van der Waals surface area contributed by atoms with E-state index in [-0.39, 0.29) is 34.3 Å². The molecule has 1 amide bonds. The number of carbonyl (C=O) groups excluding carboxylic acids is 2. The fraction of sp³-hybridized carbons (Fsp3) is 0.222. The molecule has 2 aromatic rings. The minimum atomic E-state index is -0.558. The molecule has 0 bridgehead atoms. The van der Waals surface area contributed by atoms with Crippen LogP contribution in [0.25, 0.3) is 0 Å². The first-order chi connectivity index (χ1) is 11.9. The van der Waals surface area contributed by atoms with E-state index in [1.807, 2.05) is 13.8 Å². The minimum absolute atomic E-state index is 0.0845. The predicted molar refractivity (Wildman–Crippen MR) is 99.4 cm³/mol. The number of nitrogens with zero attached hydrogens (tertiary/aromatic N) is 2. The zero-order valence-corrected chi connectivity index (χ0v) is 15.4. The molecule has 2 aromatic carbocycles. The highest BCUT2D eigenvalue weighted by Crippen LogP contribution is 2.29. The van der Waals surface area contributed by atoms with Gasteiger partial charge < -0.3 is 4.90 Å². The summed E-state index contributed by atoms with van der Waals surface area (Å²) in [5, 5.41) is 11.2. The lowest BCUT2D eigenvalue weighted by Gasteiger charge is -2.28. The summed E-state index contributed by atoms with van der Waals surface area (Å²) in [7, 11) is 0. The Balaban J connectivity index is 2.65. The molecule has 0 heterocycles. The van der Waals surface area contributed by atoms with Crippen molar-refractivity contribution in [2.24, 2.45) is 0 Å². The molecule has 2 rings (SSSR count). The molecule has 0 saturated heterocycles. The molecule has 25 heavy (non-hydrogen) atoms. The minimum Gasteiger partial charge on any atom is -0.308 e. The summed E-state index contributed by atoms with van der Waals surface area (Å²) in [4.78, 5) is 37.3. The second-order valence-corrected chi connectivity index (χ2v) is 6.21. The number of nitro benzene ring substituents is 1. The Morgan fingerprint density at radius 2 is 1.80 bits per heavy atom. The molecule has 0 radical (unpaired) electrons. The molecule has 0 spiro atoms. The molecule has 0 saturated carbocycles. The van der Waals surface area contributed by atoms with Crippen molar-refractivity contribution in [3.8, 4) is 0 Å². The lowest BCUT2D eigenvalue weighted by atomic mass is 9.99. The number of carbonyl (C=O) groups is 2. The van der Waals surface area contributed by atoms with Gasteiger partial charge in [0.05, 0.1) is 21.5 Å². The normalized spacial score (nSPS) is 10.6. The molecule has 0 aliphatic carbocycles. The third-order valence-electron chi connectivity index (χ3n) is 3.63. The Bertz CT molecular complexity index is 806. The third-order valence-corrected chi connectivity index (χ3v) is 4.11. The van der Waals surface area contributed by atoms with Gasteiger partial charge >= 0.3 is 0 Å². The average Bonchev–Trinajstić information content (AvgIpc) is 2.61. The van der Waals surface area contributed by atoms with Crippen molar-refractivity contribution in [3.05, 3.63) is 69.8 Å². The molecule has 7 heteroatoms. The molecular weight excluding hydrogens is 388 g/mol. The first-order valence-corrected chi connectivity index (χ1v) is 8.75.